The molecule has 3 aromatic carbocycles. The highest BCUT2D eigenvalue weighted by atomic mass is 32.2. The molecular formula is C28H34N2O5S. The monoisotopic (exact) mass is 510 g/mol. The molecule has 0 saturated heterocycles. The summed E-state index contributed by atoms with van der Waals surface area (Å²) >= 11 is 0. The Morgan fingerprint density at radius 2 is 1.50 bits per heavy atom. The molecule has 0 aromatic heterocycles. The molecule has 3 rings (SSSR count). The van der Waals surface area contributed by atoms with Crippen molar-refractivity contribution in [2.45, 2.75) is 44.0 Å². The topological polar surface area (TPSA) is 84.9 Å². The molecule has 3 aromatic rings. The van der Waals surface area contributed by atoms with E-state index in [1.165, 1.54) is 12.1 Å². The highest BCUT2D eigenvalue weighted by Gasteiger charge is 2.28. The third kappa shape index (κ3) is 6.18. The van der Waals surface area contributed by atoms with Crippen molar-refractivity contribution in [2.24, 2.45) is 0 Å². The van der Waals surface area contributed by atoms with Crippen LogP contribution in [0.25, 0.3) is 0 Å². The summed E-state index contributed by atoms with van der Waals surface area (Å²) < 4.78 is 39.0. The first-order valence-corrected chi connectivity index (χ1v) is 13.3. The van der Waals surface area contributed by atoms with Crippen LogP contribution in [-0.4, -0.2) is 35.1 Å². The highest BCUT2D eigenvalue weighted by molar-refractivity contribution is 7.92. The fourth-order valence-corrected chi connectivity index (χ4v) is 5.36. The van der Waals surface area contributed by atoms with Gasteiger partial charge in [-0.1, -0.05) is 57.2 Å². The molecular weight excluding hydrogens is 476 g/mol. The van der Waals surface area contributed by atoms with Crippen molar-refractivity contribution in [1.29, 1.82) is 0 Å². The Balaban J connectivity index is 1.91. The number of hydrogen-bond donors (Lipinski definition) is 1. The van der Waals surface area contributed by atoms with E-state index >= 15 is 0 Å². The van der Waals surface area contributed by atoms with Crippen molar-refractivity contribution in [3.8, 4) is 11.5 Å². The fraction of sp³-hybridized carbons (Fsp3) is 0.321. The van der Waals surface area contributed by atoms with Gasteiger partial charge in [0.1, 0.15) is 6.54 Å². The molecule has 0 aliphatic carbocycles. The zero-order valence-electron chi connectivity index (χ0n) is 21.4. The minimum Gasteiger partial charge on any atom is -0.493 e. The Kier molecular flexibility index (Phi) is 8.98. The lowest BCUT2D eigenvalue weighted by molar-refractivity contribution is -0.120. The second kappa shape index (κ2) is 11.9. The Bertz CT molecular complexity index is 1260. The van der Waals surface area contributed by atoms with Gasteiger partial charge in [0.05, 0.1) is 30.8 Å². The van der Waals surface area contributed by atoms with E-state index < -0.39 is 15.9 Å². The van der Waals surface area contributed by atoms with Gasteiger partial charge in [0.2, 0.25) is 5.91 Å². The normalized spacial score (nSPS) is 12.2. The number of amides is 1. The molecule has 1 unspecified atom stereocenters. The largest absolute Gasteiger partial charge is 0.493 e. The summed E-state index contributed by atoms with van der Waals surface area (Å²) in [5.41, 5.74) is 2.35. The van der Waals surface area contributed by atoms with Gasteiger partial charge in [-0.2, -0.15) is 0 Å². The number of ether oxygens (including phenoxy) is 2. The summed E-state index contributed by atoms with van der Waals surface area (Å²) in [7, 11) is -0.858. The van der Waals surface area contributed by atoms with Gasteiger partial charge in [-0.15, -0.1) is 0 Å². The van der Waals surface area contributed by atoms with Crippen LogP contribution in [-0.2, 0) is 14.8 Å². The fourth-order valence-electron chi connectivity index (χ4n) is 3.92. The van der Waals surface area contributed by atoms with Gasteiger partial charge in [0.15, 0.2) is 11.5 Å². The Morgan fingerprint density at radius 1 is 0.889 bits per heavy atom. The summed E-state index contributed by atoms with van der Waals surface area (Å²) in [6, 6.07) is 20.5. The summed E-state index contributed by atoms with van der Waals surface area (Å²) in [5, 5.41) is 2.98. The van der Waals surface area contributed by atoms with Crippen LogP contribution in [0.3, 0.4) is 0 Å². The number of sulfonamides is 1. The number of methoxy groups -OCH3 is 2. The molecule has 36 heavy (non-hydrogen) atoms. The summed E-state index contributed by atoms with van der Waals surface area (Å²) in [4.78, 5) is 13.3. The van der Waals surface area contributed by atoms with Crippen LogP contribution in [0.15, 0.2) is 77.7 Å². The van der Waals surface area contributed by atoms with Gasteiger partial charge in [-0.25, -0.2) is 8.42 Å². The van der Waals surface area contributed by atoms with Crippen molar-refractivity contribution >= 4 is 21.6 Å². The molecule has 0 aliphatic heterocycles. The van der Waals surface area contributed by atoms with E-state index in [1.54, 1.807) is 50.6 Å². The van der Waals surface area contributed by atoms with Crippen molar-refractivity contribution in [2.75, 3.05) is 25.1 Å². The molecule has 0 bridgehead atoms. The molecule has 1 amide bonds. The van der Waals surface area contributed by atoms with Gasteiger partial charge in [0, 0.05) is 0 Å². The molecule has 1 N–H and O–H groups in total. The van der Waals surface area contributed by atoms with Gasteiger partial charge >= 0.3 is 0 Å². The number of anilines is 1. The minimum atomic E-state index is -3.97. The van der Waals surface area contributed by atoms with Crippen LogP contribution < -0.4 is 19.1 Å². The molecule has 0 fully saturated rings. The number of nitrogens with one attached hydrogen (secondary N) is 1. The molecule has 8 heteroatoms. The van der Waals surface area contributed by atoms with E-state index in [4.69, 9.17) is 9.47 Å². The first kappa shape index (κ1) is 27.1. The number of benzene rings is 3. The molecule has 0 radical (unpaired) electrons. The number of hydrogen-bond acceptors (Lipinski definition) is 5. The van der Waals surface area contributed by atoms with Crippen LogP contribution in [0.2, 0.25) is 0 Å². The van der Waals surface area contributed by atoms with Crippen LogP contribution in [0.1, 0.15) is 50.3 Å². The van der Waals surface area contributed by atoms with Crippen LogP contribution >= 0.6 is 0 Å². The maximum Gasteiger partial charge on any atom is 0.264 e. The molecule has 1 atom stereocenters. The van der Waals surface area contributed by atoms with Crippen LogP contribution in [0.5, 0.6) is 11.5 Å². The predicted molar refractivity (Wildman–Crippen MR) is 142 cm³/mol. The smallest absolute Gasteiger partial charge is 0.264 e. The van der Waals surface area contributed by atoms with Crippen LogP contribution in [0, 0.1) is 0 Å². The number of carbonyl (C=O) groups is 1. The van der Waals surface area contributed by atoms with Crippen LogP contribution in [0.4, 0.5) is 5.69 Å². The SMILES string of the molecule is CCC(NC(=O)CN(c1ccc(C(C)C)cc1)S(=O)(=O)c1ccccc1)c1ccc(OC)c(OC)c1. The average Bonchev–Trinajstić information content (AvgIpc) is 2.90. The summed E-state index contributed by atoms with van der Waals surface area (Å²) in [5.74, 6) is 1.03. The van der Waals surface area contributed by atoms with Gasteiger partial charge in [-0.3, -0.25) is 9.10 Å². The Morgan fingerprint density at radius 3 is 2.06 bits per heavy atom. The lowest BCUT2D eigenvalue weighted by Crippen LogP contribution is -2.42. The number of carbonyl (C=O) groups excluding carboxylic acids is 1. The Labute approximate surface area is 214 Å². The van der Waals surface area contributed by atoms with Crippen molar-refractivity contribution in [3.63, 3.8) is 0 Å². The molecule has 7 nitrogen and oxygen atoms in total. The maximum atomic E-state index is 13.6. The third-order valence-corrected chi connectivity index (χ3v) is 7.81. The standard InChI is InChI=1S/C28H34N2O5S/c1-6-25(22-14-17-26(34-4)27(18-22)35-5)29-28(31)19-30(23-15-12-21(13-16-23)20(2)3)36(32,33)24-10-8-7-9-11-24/h7-18,20,25H,6,19H2,1-5H3,(H,29,31). The second-order valence-electron chi connectivity index (χ2n) is 8.71. The quantitative estimate of drug-likeness (QED) is 0.379. The number of nitrogens with zero attached hydrogens (tertiary/aromatic N) is 1. The maximum absolute atomic E-state index is 13.6. The lowest BCUT2D eigenvalue weighted by atomic mass is 10.0. The van der Waals surface area contributed by atoms with E-state index in [-0.39, 0.29) is 17.5 Å². The molecule has 0 aliphatic rings. The molecule has 0 spiro atoms. The average molecular weight is 511 g/mol. The molecule has 0 saturated carbocycles. The molecule has 192 valence electrons. The van der Waals surface area contributed by atoms with Gasteiger partial charge < -0.3 is 14.8 Å². The lowest BCUT2D eigenvalue weighted by Gasteiger charge is -2.26. The predicted octanol–water partition coefficient (Wildman–Crippen LogP) is 5.29. The van der Waals surface area contributed by atoms with E-state index in [1.807, 2.05) is 31.2 Å². The van der Waals surface area contributed by atoms with Crippen molar-refractivity contribution in [3.05, 3.63) is 83.9 Å². The van der Waals surface area contributed by atoms with Crippen molar-refractivity contribution < 1.29 is 22.7 Å². The first-order valence-electron chi connectivity index (χ1n) is 11.9. The van der Waals surface area contributed by atoms with Gasteiger partial charge in [0.25, 0.3) is 10.0 Å². The summed E-state index contributed by atoms with van der Waals surface area (Å²) in [6.07, 6.45) is 0.607. The van der Waals surface area contributed by atoms with E-state index in [9.17, 15) is 13.2 Å². The highest BCUT2D eigenvalue weighted by Crippen LogP contribution is 2.31. The van der Waals surface area contributed by atoms with E-state index in [0.717, 1.165) is 15.4 Å². The zero-order valence-corrected chi connectivity index (χ0v) is 22.2. The second-order valence-corrected chi connectivity index (χ2v) is 10.6. The Hall–Kier alpha value is -3.52. The van der Waals surface area contributed by atoms with Gasteiger partial charge in [-0.05, 0) is 59.9 Å². The first-order chi connectivity index (χ1) is 17.2. The van der Waals surface area contributed by atoms with E-state index in [0.29, 0.717) is 29.5 Å². The molecule has 0 heterocycles. The zero-order chi connectivity index (χ0) is 26.3. The van der Waals surface area contributed by atoms with Crippen molar-refractivity contribution in [1.82, 2.24) is 5.32 Å². The number of rotatable bonds is 11. The minimum absolute atomic E-state index is 0.123. The third-order valence-electron chi connectivity index (χ3n) is 6.02. The summed E-state index contributed by atoms with van der Waals surface area (Å²) in [6.45, 7) is 5.73. The van der Waals surface area contributed by atoms with E-state index in [2.05, 4.69) is 19.2 Å².